The van der Waals surface area contributed by atoms with Gasteiger partial charge in [-0.2, -0.15) is 5.26 Å². The lowest BCUT2D eigenvalue weighted by atomic mass is 9.91. The van der Waals surface area contributed by atoms with Crippen LogP contribution < -0.4 is 0 Å². The van der Waals surface area contributed by atoms with Crippen LogP contribution in [0.4, 0.5) is 0 Å². The first-order chi connectivity index (χ1) is 11.3. The molecule has 0 unspecified atom stereocenters. The average Bonchev–Trinajstić information content (AvgIpc) is 2.64. The molecule has 0 saturated carbocycles. The van der Waals surface area contributed by atoms with E-state index in [-0.39, 0.29) is 5.92 Å². The quantitative estimate of drug-likeness (QED) is 0.774. The minimum Gasteiger partial charge on any atom is -0.384 e. The van der Waals surface area contributed by atoms with Gasteiger partial charge in [-0.15, -0.1) is 0 Å². The molecule has 0 aliphatic rings. The molecule has 0 amide bonds. The van der Waals surface area contributed by atoms with Crippen molar-refractivity contribution in [3.05, 3.63) is 107 Å². The van der Waals surface area contributed by atoms with Gasteiger partial charge in [-0.3, -0.25) is 0 Å². The molecule has 0 bridgehead atoms. The van der Waals surface area contributed by atoms with E-state index in [0.717, 1.165) is 22.3 Å². The van der Waals surface area contributed by atoms with E-state index in [4.69, 9.17) is 0 Å². The van der Waals surface area contributed by atoms with E-state index in [2.05, 4.69) is 6.07 Å². The van der Waals surface area contributed by atoms with E-state index in [1.165, 1.54) is 0 Å². The van der Waals surface area contributed by atoms with Gasteiger partial charge in [-0.1, -0.05) is 84.9 Å². The molecule has 0 aliphatic carbocycles. The molecule has 0 fully saturated rings. The number of hydrogen-bond acceptors (Lipinski definition) is 2. The third kappa shape index (κ3) is 3.31. The van der Waals surface area contributed by atoms with Crippen molar-refractivity contribution in [2.75, 3.05) is 0 Å². The van der Waals surface area contributed by atoms with Crippen molar-refractivity contribution in [2.24, 2.45) is 0 Å². The monoisotopic (exact) mass is 299 g/mol. The number of nitriles is 1. The van der Waals surface area contributed by atoms with Gasteiger partial charge in [-0.25, -0.2) is 0 Å². The maximum absolute atomic E-state index is 10.4. The van der Waals surface area contributed by atoms with Crippen LogP contribution in [0.3, 0.4) is 0 Å². The van der Waals surface area contributed by atoms with Gasteiger partial charge in [0.05, 0.1) is 12.0 Å². The van der Waals surface area contributed by atoms with Crippen LogP contribution in [0.15, 0.2) is 84.9 Å². The highest BCUT2D eigenvalue weighted by molar-refractivity contribution is 5.40. The molecule has 0 radical (unpaired) electrons. The summed E-state index contributed by atoms with van der Waals surface area (Å²) in [4.78, 5) is 0. The van der Waals surface area contributed by atoms with Crippen LogP contribution in [-0.4, -0.2) is 5.11 Å². The molecule has 1 N–H and O–H groups in total. The zero-order valence-electron chi connectivity index (χ0n) is 12.6. The normalized spacial score (nSPS) is 13.0. The van der Waals surface area contributed by atoms with Crippen molar-refractivity contribution in [1.29, 1.82) is 5.26 Å². The van der Waals surface area contributed by atoms with Gasteiger partial charge in [0.2, 0.25) is 0 Å². The Bertz CT molecular complexity index is 789. The molecule has 3 aromatic carbocycles. The third-order valence-corrected chi connectivity index (χ3v) is 3.96. The van der Waals surface area contributed by atoms with Crippen molar-refractivity contribution in [2.45, 2.75) is 12.0 Å². The second kappa shape index (κ2) is 6.91. The van der Waals surface area contributed by atoms with Crippen LogP contribution in [0.25, 0.3) is 0 Å². The van der Waals surface area contributed by atoms with Gasteiger partial charge in [0.15, 0.2) is 0 Å². The fraction of sp³-hybridized carbons (Fsp3) is 0.0952. The van der Waals surface area contributed by atoms with Crippen LogP contribution in [0.5, 0.6) is 0 Å². The smallest absolute Gasteiger partial charge is 0.104 e. The van der Waals surface area contributed by atoms with Crippen molar-refractivity contribution in [3.8, 4) is 6.07 Å². The largest absolute Gasteiger partial charge is 0.384 e. The highest BCUT2D eigenvalue weighted by Gasteiger charge is 2.15. The van der Waals surface area contributed by atoms with E-state index in [1.54, 1.807) is 0 Å². The second-order valence-corrected chi connectivity index (χ2v) is 5.45. The van der Waals surface area contributed by atoms with Crippen LogP contribution in [0.1, 0.15) is 34.3 Å². The second-order valence-electron chi connectivity index (χ2n) is 5.45. The molecule has 0 aliphatic heterocycles. The Kier molecular flexibility index (Phi) is 4.52. The Morgan fingerprint density at radius 2 is 1.00 bits per heavy atom. The van der Waals surface area contributed by atoms with E-state index < -0.39 is 6.10 Å². The lowest BCUT2D eigenvalue weighted by Crippen LogP contribution is -2.01. The number of rotatable bonds is 4. The molecule has 0 heterocycles. The van der Waals surface area contributed by atoms with Crippen molar-refractivity contribution in [3.63, 3.8) is 0 Å². The van der Waals surface area contributed by atoms with E-state index in [1.807, 2.05) is 84.9 Å². The topological polar surface area (TPSA) is 44.0 Å². The zero-order chi connectivity index (χ0) is 16.1. The van der Waals surface area contributed by atoms with Crippen molar-refractivity contribution >= 4 is 0 Å². The Labute approximate surface area is 136 Å². The number of aliphatic hydroxyl groups is 1. The minimum atomic E-state index is -0.650. The fourth-order valence-electron chi connectivity index (χ4n) is 2.69. The van der Waals surface area contributed by atoms with Crippen LogP contribution in [-0.2, 0) is 0 Å². The molecule has 23 heavy (non-hydrogen) atoms. The molecule has 0 spiro atoms. The molecule has 112 valence electrons. The molecular weight excluding hydrogens is 282 g/mol. The standard InChI is InChI=1S/C21H17NO/c22-15-20(16-7-3-1-4-8-16)17-11-13-19(14-12-17)21(23)18-9-5-2-6-10-18/h1-14,20-21,23H/t20-,21-/m1/s1. The number of aliphatic hydroxyl groups excluding tert-OH is 1. The third-order valence-electron chi connectivity index (χ3n) is 3.96. The SMILES string of the molecule is N#C[C@H](c1ccccc1)c1ccc([C@H](O)c2ccccc2)cc1. The van der Waals surface area contributed by atoms with E-state index >= 15 is 0 Å². The Morgan fingerprint density at radius 1 is 0.609 bits per heavy atom. The van der Waals surface area contributed by atoms with Crippen LogP contribution in [0.2, 0.25) is 0 Å². The highest BCUT2D eigenvalue weighted by Crippen LogP contribution is 2.27. The van der Waals surface area contributed by atoms with Gasteiger partial charge < -0.3 is 5.11 Å². The lowest BCUT2D eigenvalue weighted by molar-refractivity contribution is 0.220. The molecule has 2 atom stereocenters. The Hall–Kier alpha value is -2.89. The summed E-state index contributed by atoms with van der Waals surface area (Å²) in [7, 11) is 0. The first-order valence-electron chi connectivity index (χ1n) is 7.57. The lowest BCUT2D eigenvalue weighted by Gasteiger charge is -2.14. The maximum atomic E-state index is 10.4. The Morgan fingerprint density at radius 3 is 1.52 bits per heavy atom. The van der Waals surface area contributed by atoms with Gasteiger partial charge >= 0.3 is 0 Å². The maximum Gasteiger partial charge on any atom is 0.104 e. The van der Waals surface area contributed by atoms with Gasteiger partial charge in [0.25, 0.3) is 0 Å². The average molecular weight is 299 g/mol. The minimum absolute atomic E-state index is 0.292. The predicted octanol–water partition coefficient (Wildman–Crippen LogP) is 4.42. The molecule has 2 heteroatoms. The van der Waals surface area contributed by atoms with E-state index in [9.17, 15) is 10.4 Å². The van der Waals surface area contributed by atoms with Crippen molar-refractivity contribution in [1.82, 2.24) is 0 Å². The van der Waals surface area contributed by atoms with Gasteiger partial charge in [0.1, 0.15) is 6.10 Å². The van der Waals surface area contributed by atoms with Crippen LogP contribution >= 0.6 is 0 Å². The predicted molar refractivity (Wildman–Crippen MR) is 90.8 cm³/mol. The van der Waals surface area contributed by atoms with Gasteiger partial charge in [0, 0.05) is 0 Å². The molecule has 0 saturated heterocycles. The molecule has 2 nitrogen and oxygen atoms in total. The summed E-state index contributed by atoms with van der Waals surface area (Å²) in [5.74, 6) is -0.292. The summed E-state index contributed by atoms with van der Waals surface area (Å²) in [6, 6.07) is 29.3. The molecule has 3 aromatic rings. The first kappa shape index (κ1) is 15.0. The summed E-state index contributed by atoms with van der Waals surface area (Å²) in [6.45, 7) is 0. The van der Waals surface area contributed by atoms with Crippen molar-refractivity contribution < 1.29 is 5.11 Å². The number of hydrogen-bond donors (Lipinski definition) is 1. The fourth-order valence-corrected chi connectivity index (χ4v) is 2.69. The summed E-state index contributed by atoms with van der Waals surface area (Å²) < 4.78 is 0. The molecule has 0 aromatic heterocycles. The van der Waals surface area contributed by atoms with Crippen LogP contribution in [0, 0.1) is 11.3 Å². The Balaban J connectivity index is 1.86. The number of nitrogens with zero attached hydrogens (tertiary/aromatic N) is 1. The summed E-state index contributed by atoms with van der Waals surface area (Å²) in [5, 5.41) is 19.9. The molecular formula is C21H17NO. The zero-order valence-corrected chi connectivity index (χ0v) is 12.6. The summed E-state index contributed by atoms with van der Waals surface area (Å²) >= 11 is 0. The molecule has 3 rings (SSSR count). The summed E-state index contributed by atoms with van der Waals surface area (Å²) in [6.07, 6.45) is -0.650. The van der Waals surface area contributed by atoms with E-state index in [0.29, 0.717) is 0 Å². The number of benzene rings is 3. The highest BCUT2D eigenvalue weighted by atomic mass is 16.3. The summed E-state index contributed by atoms with van der Waals surface area (Å²) in [5.41, 5.74) is 3.60. The van der Waals surface area contributed by atoms with Gasteiger partial charge in [-0.05, 0) is 22.3 Å². The first-order valence-corrected chi connectivity index (χ1v) is 7.57.